The van der Waals surface area contributed by atoms with Crippen molar-refractivity contribution in [2.75, 3.05) is 23.7 Å². The maximum atomic E-state index is 12.2. The van der Waals surface area contributed by atoms with Gasteiger partial charge in [0.25, 0.3) is 5.91 Å². The second kappa shape index (κ2) is 6.97. The summed E-state index contributed by atoms with van der Waals surface area (Å²) >= 11 is 1.08. The van der Waals surface area contributed by atoms with E-state index in [1.54, 1.807) is 0 Å². The fourth-order valence-electron chi connectivity index (χ4n) is 1.80. The van der Waals surface area contributed by atoms with E-state index in [0.717, 1.165) is 11.3 Å². The molecule has 0 saturated heterocycles. The van der Waals surface area contributed by atoms with Gasteiger partial charge in [-0.2, -0.15) is 13.2 Å². The number of aromatic nitrogens is 1. The van der Waals surface area contributed by atoms with Crippen molar-refractivity contribution in [2.45, 2.75) is 39.4 Å². The summed E-state index contributed by atoms with van der Waals surface area (Å²) in [5, 5.41) is 2.88. The first-order valence-corrected chi connectivity index (χ1v) is 7.38. The van der Waals surface area contributed by atoms with E-state index in [2.05, 4.69) is 10.3 Å². The van der Waals surface area contributed by atoms with Crippen LogP contribution in [0, 0.1) is 0 Å². The molecule has 5 nitrogen and oxygen atoms in total. The van der Waals surface area contributed by atoms with Crippen LogP contribution in [0.1, 0.15) is 36.9 Å². The first-order chi connectivity index (χ1) is 9.67. The number of hydrogen-bond acceptors (Lipinski definition) is 5. The minimum atomic E-state index is -4.32. The zero-order valence-corrected chi connectivity index (χ0v) is 12.9. The van der Waals surface area contributed by atoms with Gasteiger partial charge in [0.2, 0.25) is 0 Å². The van der Waals surface area contributed by atoms with E-state index < -0.39 is 24.5 Å². The van der Waals surface area contributed by atoms with Gasteiger partial charge in [-0.25, -0.2) is 4.98 Å². The Bertz CT molecular complexity index is 485. The van der Waals surface area contributed by atoms with Crippen molar-refractivity contribution >= 4 is 28.2 Å². The van der Waals surface area contributed by atoms with Crippen LogP contribution in [0.15, 0.2) is 0 Å². The molecule has 0 bridgehead atoms. The molecule has 1 amide bonds. The van der Waals surface area contributed by atoms with Gasteiger partial charge in [0, 0.05) is 19.1 Å². The number of nitrogens with one attached hydrogen (secondary N) is 1. The highest BCUT2D eigenvalue weighted by Gasteiger charge is 2.31. The zero-order valence-electron chi connectivity index (χ0n) is 12.1. The highest BCUT2D eigenvalue weighted by Crippen LogP contribution is 2.28. The summed E-state index contributed by atoms with van der Waals surface area (Å²) < 4.78 is 36.7. The third-order valence-corrected chi connectivity index (χ3v) is 3.93. The maximum absolute atomic E-state index is 12.2. The van der Waals surface area contributed by atoms with Gasteiger partial charge in [0.05, 0.1) is 6.42 Å². The molecule has 1 rings (SSSR count). The van der Waals surface area contributed by atoms with E-state index in [1.165, 1.54) is 6.92 Å². The van der Waals surface area contributed by atoms with Crippen LogP contribution < -0.4 is 16.0 Å². The lowest BCUT2D eigenvalue weighted by Gasteiger charge is -2.16. The SMILES string of the molecule is CCN(CC)c1nc(N)c(C(=O)NC(C)CC(F)(F)F)s1. The van der Waals surface area contributed by atoms with Crippen LogP contribution in [-0.2, 0) is 0 Å². The quantitative estimate of drug-likeness (QED) is 0.844. The molecule has 0 saturated carbocycles. The summed E-state index contributed by atoms with van der Waals surface area (Å²) in [5.74, 6) is -0.584. The van der Waals surface area contributed by atoms with Gasteiger partial charge < -0.3 is 16.0 Å². The monoisotopic (exact) mass is 324 g/mol. The Kier molecular flexibility index (Phi) is 5.82. The number of carbonyl (C=O) groups is 1. The molecule has 0 spiro atoms. The van der Waals surface area contributed by atoms with E-state index >= 15 is 0 Å². The first kappa shape index (κ1) is 17.5. The fraction of sp³-hybridized carbons (Fsp3) is 0.667. The molecule has 1 atom stereocenters. The Hall–Kier alpha value is -1.51. The average Bonchev–Trinajstić information content (AvgIpc) is 2.70. The molecule has 0 aliphatic heterocycles. The highest BCUT2D eigenvalue weighted by atomic mass is 32.1. The molecule has 0 aliphatic rings. The van der Waals surface area contributed by atoms with E-state index in [1.807, 2.05) is 18.7 Å². The second-order valence-corrected chi connectivity index (χ2v) is 5.55. The summed E-state index contributed by atoms with van der Waals surface area (Å²) in [4.78, 5) is 18.1. The van der Waals surface area contributed by atoms with E-state index in [9.17, 15) is 18.0 Å². The van der Waals surface area contributed by atoms with Crippen LogP contribution in [0.25, 0.3) is 0 Å². The van der Waals surface area contributed by atoms with Gasteiger partial charge in [-0.1, -0.05) is 11.3 Å². The Morgan fingerprint density at radius 3 is 2.48 bits per heavy atom. The number of rotatable bonds is 6. The maximum Gasteiger partial charge on any atom is 0.391 e. The number of nitrogens with zero attached hydrogens (tertiary/aromatic N) is 2. The summed E-state index contributed by atoms with van der Waals surface area (Å²) in [7, 11) is 0. The molecule has 0 aromatic carbocycles. The van der Waals surface area contributed by atoms with Crippen molar-refractivity contribution in [2.24, 2.45) is 0 Å². The van der Waals surface area contributed by atoms with E-state index in [4.69, 9.17) is 5.73 Å². The minimum Gasteiger partial charge on any atom is -0.382 e. The molecule has 3 N–H and O–H groups in total. The third-order valence-electron chi connectivity index (χ3n) is 2.80. The molecular formula is C12H19F3N4OS. The van der Waals surface area contributed by atoms with Crippen LogP contribution >= 0.6 is 11.3 Å². The minimum absolute atomic E-state index is 0.0404. The number of anilines is 2. The fourth-order valence-corrected chi connectivity index (χ4v) is 2.82. The topological polar surface area (TPSA) is 71.2 Å². The normalized spacial score (nSPS) is 13.0. The number of nitrogen functional groups attached to an aromatic ring is 1. The number of amides is 1. The summed E-state index contributed by atoms with van der Waals surface area (Å²) in [6.45, 7) is 6.58. The van der Waals surface area contributed by atoms with Crippen LogP contribution in [-0.4, -0.2) is 36.2 Å². The molecule has 1 heterocycles. The number of alkyl halides is 3. The predicted octanol–water partition coefficient (Wildman–Crippen LogP) is 2.64. The van der Waals surface area contributed by atoms with E-state index in [0.29, 0.717) is 18.2 Å². The molecule has 1 aromatic heterocycles. The molecule has 1 unspecified atom stereocenters. The van der Waals surface area contributed by atoms with Crippen LogP contribution in [0.3, 0.4) is 0 Å². The van der Waals surface area contributed by atoms with Crippen molar-refractivity contribution in [1.29, 1.82) is 0 Å². The number of halogens is 3. The first-order valence-electron chi connectivity index (χ1n) is 6.56. The van der Waals surface area contributed by atoms with Crippen LogP contribution in [0.5, 0.6) is 0 Å². The number of nitrogens with two attached hydrogens (primary N) is 1. The van der Waals surface area contributed by atoms with Gasteiger partial charge in [-0.3, -0.25) is 4.79 Å². The third kappa shape index (κ3) is 5.07. The second-order valence-electron chi connectivity index (χ2n) is 4.58. The summed E-state index contributed by atoms with van der Waals surface area (Å²) in [6, 6.07) is -1.02. The standard InChI is InChI=1S/C12H19F3N4OS/c1-4-19(5-2)11-18-9(16)8(21-11)10(20)17-7(3)6-12(13,14)15/h7H,4-6,16H2,1-3H3,(H,17,20). The Morgan fingerprint density at radius 1 is 1.43 bits per heavy atom. The number of carbonyl (C=O) groups excluding carboxylic acids is 1. The average molecular weight is 324 g/mol. The lowest BCUT2D eigenvalue weighted by molar-refractivity contribution is -0.138. The highest BCUT2D eigenvalue weighted by molar-refractivity contribution is 7.18. The van der Waals surface area contributed by atoms with Crippen molar-refractivity contribution < 1.29 is 18.0 Å². The Balaban J connectivity index is 2.79. The molecule has 9 heteroatoms. The predicted molar refractivity (Wildman–Crippen MR) is 77.7 cm³/mol. The molecular weight excluding hydrogens is 305 g/mol. The Labute approximate surface area is 125 Å². The van der Waals surface area contributed by atoms with Crippen LogP contribution in [0.4, 0.5) is 24.1 Å². The lowest BCUT2D eigenvalue weighted by atomic mass is 10.2. The molecule has 120 valence electrons. The van der Waals surface area contributed by atoms with Crippen molar-refractivity contribution in [3.63, 3.8) is 0 Å². The number of thiazole rings is 1. The molecule has 0 radical (unpaired) electrons. The van der Waals surface area contributed by atoms with Gasteiger partial charge in [-0.15, -0.1) is 0 Å². The van der Waals surface area contributed by atoms with Gasteiger partial charge in [0.1, 0.15) is 10.7 Å². The van der Waals surface area contributed by atoms with Crippen molar-refractivity contribution in [3.8, 4) is 0 Å². The Morgan fingerprint density at radius 2 is 2.00 bits per heavy atom. The summed E-state index contributed by atoms with van der Waals surface area (Å²) in [6.07, 6.45) is -5.40. The molecule has 21 heavy (non-hydrogen) atoms. The zero-order chi connectivity index (χ0) is 16.2. The molecule has 1 aromatic rings. The van der Waals surface area contributed by atoms with Crippen molar-refractivity contribution in [1.82, 2.24) is 10.3 Å². The lowest BCUT2D eigenvalue weighted by Crippen LogP contribution is -2.35. The van der Waals surface area contributed by atoms with Crippen LogP contribution in [0.2, 0.25) is 0 Å². The smallest absolute Gasteiger partial charge is 0.382 e. The largest absolute Gasteiger partial charge is 0.391 e. The van der Waals surface area contributed by atoms with Gasteiger partial charge in [-0.05, 0) is 20.8 Å². The molecule has 0 aliphatic carbocycles. The number of hydrogen-bond donors (Lipinski definition) is 2. The molecule has 0 fully saturated rings. The van der Waals surface area contributed by atoms with E-state index in [-0.39, 0.29) is 10.7 Å². The van der Waals surface area contributed by atoms with Crippen molar-refractivity contribution in [3.05, 3.63) is 4.88 Å². The summed E-state index contributed by atoms with van der Waals surface area (Å²) in [5.41, 5.74) is 5.68. The van der Waals surface area contributed by atoms with Gasteiger partial charge >= 0.3 is 6.18 Å². The van der Waals surface area contributed by atoms with Gasteiger partial charge in [0.15, 0.2) is 5.13 Å².